The van der Waals surface area contributed by atoms with Crippen LogP contribution in [-0.2, 0) is 15.0 Å². The van der Waals surface area contributed by atoms with E-state index in [9.17, 15) is 14.9 Å². The maximum atomic E-state index is 14.5. The van der Waals surface area contributed by atoms with E-state index in [2.05, 4.69) is 28.6 Å². The molecule has 2 amide bonds. The summed E-state index contributed by atoms with van der Waals surface area (Å²) >= 11 is 1.50. The first-order chi connectivity index (χ1) is 20.1. The number of thiazole rings is 1. The van der Waals surface area contributed by atoms with Gasteiger partial charge in [-0.05, 0) is 46.5 Å². The molecule has 1 aliphatic heterocycles. The third kappa shape index (κ3) is 3.12. The molecule has 1 fully saturated rings. The first-order valence-corrected chi connectivity index (χ1v) is 14.2. The molecular weight excluding hydrogens is 530 g/mol. The van der Waals surface area contributed by atoms with Crippen molar-refractivity contribution >= 4 is 50.4 Å². The maximum Gasteiger partial charge on any atom is 0.239 e. The summed E-state index contributed by atoms with van der Waals surface area (Å²) in [4.78, 5) is 34.7. The number of amides is 2. The number of imide groups is 1. The van der Waals surface area contributed by atoms with Gasteiger partial charge in [0.1, 0.15) is 6.07 Å². The minimum Gasteiger partial charge on any atom is -0.274 e. The number of hydrazone groups is 1. The Balaban J connectivity index is 1.33. The molecule has 5 aromatic rings. The van der Waals surface area contributed by atoms with Gasteiger partial charge in [0.25, 0.3) is 0 Å². The van der Waals surface area contributed by atoms with E-state index in [1.54, 1.807) is 30.5 Å². The number of rotatable bonds is 4. The van der Waals surface area contributed by atoms with Crippen LogP contribution in [0.5, 0.6) is 0 Å². The summed E-state index contributed by atoms with van der Waals surface area (Å²) in [5.41, 5.74) is 7.59. The van der Waals surface area contributed by atoms with Gasteiger partial charge in [0.05, 0.1) is 38.7 Å². The lowest BCUT2D eigenvalue weighted by Gasteiger charge is -2.52. The van der Waals surface area contributed by atoms with E-state index in [1.807, 2.05) is 60.7 Å². The van der Waals surface area contributed by atoms with Crippen LogP contribution in [0.15, 0.2) is 102 Å². The van der Waals surface area contributed by atoms with Crippen LogP contribution in [0, 0.1) is 23.2 Å². The van der Waals surface area contributed by atoms with Crippen LogP contribution < -0.4 is 10.3 Å². The molecule has 0 unspecified atom stereocenters. The van der Waals surface area contributed by atoms with E-state index < -0.39 is 17.3 Å². The summed E-state index contributed by atoms with van der Waals surface area (Å²) in [6, 6.07) is 32.9. The molecule has 0 spiro atoms. The molecule has 41 heavy (non-hydrogen) atoms. The number of nitrogens with one attached hydrogen (secondary N) is 1. The highest BCUT2D eigenvalue weighted by molar-refractivity contribution is 7.22. The average molecular weight is 552 g/mol. The van der Waals surface area contributed by atoms with Gasteiger partial charge in [-0.15, -0.1) is 0 Å². The van der Waals surface area contributed by atoms with Crippen molar-refractivity contribution in [1.29, 1.82) is 5.26 Å². The zero-order valence-electron chi connectivity index (χ0n) is 21.6. The first kappa shape index (κ1) is 23.7. The molecule has 0 saturated carbocycles. The number of aromatic nitrogens is 1. The quantitative estimate of drug-likeness (QED) is 0.173. The van der Waals surface area contributed by atoms with Gasteiger partial charge in [-0.1, -0.05) is 84.1 Å². The van der Waals surface area contributed by atoms with Crippen LogP contribution >= 0.6 is 11.3 Å². The lowest BCUT2D eigenvalue weighted by molar-refractivity contribution is -0.122. The monoisotopic (exact) mass is 551 g/mol. The van der Waals surface area contributed by atoms with Gasteiger partial charge in [0.15, 0.2) is 0 Å². The number of fused-ring (bicyclic) bond motifs is 1. The molecule has 4 aliphatic rings. The third-order valence-corrected chi connectivity index (χ3v) is 9.61. The summed E-state index contributed by atoms with van der Waals surface area (Å²) < 4.78 is 1.04. The number of para-hydroxylation sites is 2. The molecule has 2 atom stereocenters. The zero-order chi connectivity index (χ0) is 27.7. The number of carbonyl (C=O) groups excluding carboxylic acids is 2. The Labute approximate surface area is 239 Å². The third-order valence-electron chi connectivity index (χ3n) is 8.67. The summed E-state index contributed by atoms with van der Waals surface area (Å²) in [5, 5.41) is 15.2. The Morgan fingerprint density at radius 2 is 1.54 bits per heavy atom. The van der Waals surface area contributed by atoms with Crippen molar-refractivity contribution in [3.05, 3.63) is 125 Å². The highest BCUT2D eigenvalue weighted by atomic mass is 32.1. The van der Waals surface area contributed by atoms with Crippen molar-refractivity contribution in [2.75, 3.05) is 10.3 Å². The Bertz CT molecular complexity index is 1910. The van der Waals surface area contributed by atoms with Crippen molar-refractivity contribution in [2.24, 2.45) is 16.9 Å². The summed E-state index contributed by atoms with van der Waals surface area (Å²) in [6.07, 6.45) is 1.80. The number of nitriles is 1. The van der Waals surface area contributed by atoms with Crippen molar-refractivity contribution in [2.45, 2.75) is 11.3 Å². The molecule has 196 valence electrons. The standard InChI is InChI=1S/C33H21N5O2S/c34-17-19-9-1-7-15-25(19)38-30(39)28-27-20-10-2-4-12-22(20)33(29(28)31(38)40,23-13-5-3-11-21(23)27)18-35-37-32-36-24-14-6-8-16-26(24)41-32/h1-16,18,27-29H,(H,36,37)/b35-18-/t27?,28-,29+,33?/m0/s1. The smallest absolute Gasteiger partial charge is 0.239 e. The van der Waals surface area contributed by atoms with Crippen LogP contribution in [0.25, 0.3) is 10.2 Å². The van der Waals surface area contributed by atoms with Crippen LogP contribution in [0.1, 0.15) is 33.7 Å². The molecule has 2 heterocycles. The normalized spacial score (nSPS) is 23.9. The fourth-order valence-electron chi connectivity index (χ4n) is 7.16. The van der Waals surface area contributed by atoms with Crippen molar-refractivity contribution < 1.29 is 9.59 Å². The highest BCUT2D eigenvalue weighted by Crippen LogP contribution is 2.63. The topological polar surface area (TPSA) is 98.4 Å². The fourth-order valence-corrected chi connectivity index (χ4v) is 7.98. The second kappa shape index (κ2) is 8.68. The lowest BCUT2D eigenvalue weighted by Crippen LogP contribution is -2.54. The number of hydrogen-bond acceptors (Lipinski definition) is 7. The van der Waals surface area contributed by atoms with Gasteiger partial charge in [-0.3, -0.25) is 15.0 Å². The Hall–Kier alpha value is -5.13. The van der Waals surface area contributed by atoms with Gasteiger partial charge < -0.3 is 0 Å². The van der Waals surface area contributed by atoms with Crippen molar-refractivity contribution in [1.82, 2.24) is 4.98 Å². The molecule has 0 radical (unpaired) electrons. The molecule has 9 rings (SSSR count). The Morgan fingerprint density at radius 1 is 0.878 bits per heavy atom. The van der Waals surface area contributed by atoms with Crippen LogP contribution in [0.2, 0.25) is 0 Å². The molecule has 1 aromatic heterocycles. The van der Waals surface area contributed by atoms with Gasteiger partial charge in [-0.2, -0.15) is 10.4 Å². The van der Waals surface area contributed by atoms with Gasteiger partial charge >= 0.3 is 0 Å². The van der Waals surface area contributed by atoms with Crippen LogP contribution in [0.3, 0.4) is 0 Å². The van der Waals surface area contributed by atoms with Gasteiger partial charge in [0, 0.05) is 12.1 Å². The van der Waals surface area contributed by atoms with Crippen molar-refractivity contribution in [3.8, 4) is 6.07 Å². The second-order valence-electron chi connectivity index (χ2n) is 10.5. The SMILES string of the molecule is N#Cc1ccccc1N1C(=O)[C@H]2C3c4ccccc4C(/C=N\Nc4nc5ccccc5s4)(c4ccccc43)[C@H]2C1=O. The predicted molar refractivity (Wildman–Crippen MR) is 158 cm³/mol. The zero-order valence-corrected chi connectivity index (χ0v) is 22.4. The summed E-state index contributed by atoms with van der Waals surface area (Å²) in [7, 11) is 0. The second-order valence-corrected chi connectivity index (χ2v) is 11.6. The van der Waals surface area contributed by atoms with Gasteiger partial charge in [-0.25, -0.2) is 9.88 Å². The van der Waals surface area contributed by atoms with E-state index in [0.717, 1.165) is 32.5 Å². The van der Waals surface area contributed by atoms with Gasteiger partial charge in [0.2, 0.25) is 16.9 Å². The molecule has 3 aliphatic carbocycles. The molecule has 2 bridgehead atoms. The molecule has 1 N–H and O–H groups in total. The van der Waals surface area contributed by atoms with E-state index in [0.29, 0.717) is 10.8 Å². The summed E-state index contributed by atoms with van der Waals surface area (Å²) in [5.74, 6) is -2.24. The minimum atomic E-state index is -1.00. The van der Waals surface area contributed by atoms with E-state index in [-0.39, 0.29) is 23.3 Å². The highest BCUT2D eigenvalue weighted by Gasteiger charge is 2.68. The fraction of sp³-hybridized carbons (Fsp3) is 0.121. The Kier molecular flexibility index (Phi) is 5.03. The average Bonchev–Trinajstić information content (AvgIpc) is 3.55. The predicted octanol–water partition coefficient (Wildman–Crippen LogP) is 5.82. The largest absolute Gasteiger partial charge is 0.274 e. The molecular formula is C33H21N5O2S. The van der Waals surface area contributed by atoms with E-state index in [1.165, 1.54) is 16.2 Å². The number of anilines is 2. The first-order valence-electron chi connectivity index (χ1n) is 13.3. The molecule has 1 saturated heterocycles. The molecule has 8 heteroatoms. The van der Waals surface area contributed by atoms with E-state index >= 15 is 0 Å². The van der Waals surface area contributed by atoms with E-state index in [4.69, 9.17) is 5.10 Å². The van der Waals surface area contributed by atoms with Crippen LogP contribution in [0.4, 0.5) is 10.8 Å². The minimum absolute atomic E-state index is 0.282. The Morgan fingerprint density at radius 3 is 2.27 bits per heavy atom. The molecule has 4 aromatic carbocycles. The van der Waals surface area contributed by atoms with Crippen molar-refractivity contribution in [3.63, 3.8) is 0 Å². The maximum absolute atomic E-state index is 14.5. The number of hydrogen-bond donors (Lipinski definition) is 1. The number of nitrogens with zero attached hydrogens (tertiary/aromatic N) is 4. The number of carbonyl (C=O) groups is 2. The van der Waals surface area contributed by atoms with Crippen LogP contribution in [-0.4, -0.2) is 23.0 Å². The lowest BCUT2D eigenvalue weighted by atomic mass is 9.47. The molecule has 7 nitrogen and oxygen atoms in total. The number of benzene rings is 4. The summed E-state index contributed by atoms with van der Waals surface area (Å²) in [6.45, 7) is 0.